The van der Waals surface area contributed by atoms with Crippen LogP contribution >= 0.6 is 0 Å². The summed E-state index contributed by atoms with van der Waals surface area (Å²) in [5.74, 6) is 0.627. The molecular formula is C15H15NO. The van der Waals surface area contributed by atoms with Gasteiger partial charge in [-0.1, -0.05) is 42.5 Å². The van der Waals surface area contributed by atoms with E-state index in [-0.39, 0.29) is 5.54 Å². The summed E-state index contributed by atoms with van der Waals surface area (Å²) < 4.78 is 0. The van der Waals surface area contributed by atoms with Gasteiger partial charge in [0.05, 0.1) is 0 Å². The van der Waals surface area contributed by atoms with Gasteiger partial charge in [0.2, 0.25) is 0 Å². The fourth-order valence-electron chi connectivity index (χ4n) is 2.50. The third-order valence-electron chi connectivity index (χ3n) is 3.59. The van der Waals surface area contributed by atoms with E-state index < -0.39 is 0 Å². The molecule has 2 unspecified atom stereocenters. The van der Waals surface area contributed by atoms with Gasteiger partial charge in [-0.05, 0) is 29.7 Å². The summed E-state index contributed by atoms with van der Waals surface area (Å²) in [7, 11) is 0. The molecule has 1 aliphatic rings. The van der Waals surface area contributed by atoms with Crippen molar-refractivity contribution < 1.29 is 5.11 Å². The second-order valence-corrected chi connectivity index (χ2v) is 4.76. The highest BCUT2D eigenvalue weighted by molar-refractivity contribution is 5.43. The molecule has 1 aliphatic carbocycles. The topological polar surface area (TPSA) is 46.2 Å². The van der Waals surface area contributed by atoms with E-state index in [9.17, 15) is 5.11 Å². The summed E-state index contributed by atoms with van der Waals surface area (Å²) in [6.45, 7) is 0. The van der Waals surface area contributed by atoms with Crippen molar-refractivity contribution in [3.63, 3.8) is 0 Å². The Balaban J connectivity index is 1.91. The van der Waals surface area contributed by atoms with Gasteiger partial charge in [-0.3, -0.25) is 0 Å². The second kappa shape index (κ2) is 3.60. The minimum absolute atomic E-state index is 0.255. The molecule has 0 saturated heterocycles. The van der Waals surface area contributed by atoms with Crippen LogP contribution in [0.4, 0.5) is 0 Å². The van der Waals surface area contributed by atoms with Crippen LogP contribution in [0.15, 0.2) is 54.6 Å². The van der Waals surface area contributed by atoms with Gasteiger partial charge in [0.15, 0.2) is 0 Å². The molecule has 0 aliphatic heterocycles. The first-order valence-electron chi connectivity index (χ1n) is 5.83. The van der Waals surface area contributed by atoms with E-state index in [1.807, 2.05) is 36.4 Å². The SMILES string of the molecule is NC1(c2ccccc2)CC1c1cccc(O)c1. The molecule has 2 atom stereocenters. The van der Waals surface area contributed by atoms with Gasteiger partial charge in [-0.2, -0.15) is 0 Å². The fraction of sp³-hybridized carbons (Fsp3) is 0.200. The van der Waals surface area contributed by atoms with E-state index >= 15 is 0 Å². The Morgan fingerprint density at radius 1 is 1.06 bits per heavy atom. The number of hydrogen-bond donors (Lipinski definition) is 2. The second-order valence-electron chi connectivity index (χ2n) is 4.76. The zero-order valence-electron chi connectivity index (χ0n) is 9.51. The fourth-order valence-corrected chi connectivity index (χ4v) is 2.50. The Hall–Kier alpha value is -1.80. The van der Waals surface area contributed by atoms with Crippen LogP contribution in [0.25, 0.3) is 0 Å². The highest BCUT2D eigenvalue weighted by Crippen LogP contribution is 2.56. The summed E-state index contributed by atoms with van der Waals surface area (Å²) >= 11 is 0. The lowest BCUT2D eigenvalue weighted by atomic mass is 9.99. The molecule has 2 nitrogen and oxygen atoms in total. The first kappa shape index (κ1) is 10.4. The molecule has 1 fully saturated rings. The summed E-state index contributed by atoms with van der Waals surface area (Å²) in [6.07, 6.45) is 0.945. The highest BCUT2D eigenvalue weighted by atomic mass is 16.3. The minimum Gasteiger partial charge on any atom is -0.508 e. The monoisotopic (exact) mass is 225 g/mol. The molecule has 0 spiro atoms. The Morgan fingerprint density at radius 3 is 2.53 bits per heavy atom. The van der Waals surface area contributed by atoms with Crippen molar-refractivity contribution in [3.8, 4) is 5.75 Å². The van der Waals surface area contributed by atoms with Crippen molar-refractivity contribution in [2.24, 2.45) is 5.73 Å². The number of phenolic OH excluding ortho intramolecular Hbond substituents is 1. The first-order chi connectivity index (χ1) is 8.20. The molecule has 0 aromatic heterocycles. The summed E-state index contributed by atoms with van der Waals surface area (Å²) in [6, 6.07) is 17.6. The van der Waals surface area contributed by atoms with Crippen molar-refractivity contribution in [2.45, 2.75) is 17.9 Å². The van der Waals surface area contributed by atoms with Crippen molar-refractivity contribution >= 4 is 0 Å². The van der Waals surface area contributed by atoms with Gasteiger partial charge in [0.1, 0.15) is 5.75 Å². The number of rotatable bonds is 2. The quantitative estimate of drug-likeness (QED) is 0.825. The Morgan fingerprint density at radius 2 is 1.82 bits per heavy atom. The van der Waals surface area contributed by atoms with Crippen LogP contribution in [0.2, 0.25) is 0 Å². The molecule has 0 radical (unpaired) electrons. The molecule has 17 heavy (non-hydrogen) atoms. The normalized spacial score (nSPS) is 26.8. The third-order valence-corrected chi connectivity index (χ3v) is 3.59. The van der Waals surface area contributed by atoms with E-state index in [2.05, 4.69) is 12.1 Å². The Kier molecular flexibility index (Phi) is 2.20. The number of nitrogens with two attached hydrogens (primary N) is 1. The van der Waals surface area contributed by atoms with Crippen LogP contribution in [-0.4, -0.2) is 5.11 Å². The van der Waals surface area contributed by atoms with Gasteiger partial charge < -0.3 is 10.8 Å². The maximum Gasteiger partial charge on any atom is 0.115 e. The standard InChI is InChI=1S/C15H15NO/c16-15(12-6-2-1-3-7-12)10-14(15)11-5-4-8-13(17)9-11/h1-9,14,17H,10,16H2. The molecule has 3 N–H and O–H groups in total. The van der Waals surface area contributed by atoms with Crippen molar-refractivity contribution in [2.75, 3.05) is 0 Å². The lowest BCUT2D eigenvalue weighted by Crippen LogP contribution is -2.21. The summed E-state index contributed by atoms with van der Waals surface area (Å²) in [5.41, 5.74) is 8.45. The van der Waals surface area contributed by atoms with Gasteiger partial charge >= 0.3 is 0 Å². The van der Waals surface area contributed by atoms with E-state index in [1.54, 1.807) is 6.07 Å². The van der Waals surface area contributed by atoms with Crippen LogP contribution in [0.5, 0.6) is 5.75 Å². The molecule has 2 heteroatoms. The number of phenols is 1. The maximum atomic E-state index is 9.49. The maximum absolute atomic E-state index is 9.49. The van der Waals surface area contributed by atoms with E-state index in [1.165, 1.54) is 5.56 Å². The average molecular weight is 225 g/mol. The van der Waals surface area contributed by atoms with Crippen molar-refractivity contribution in [3.05, 3.63) is 65.7 Å². The zero-order valence-corrected chi connectivity index (χ0v) is 9.51. The van der Waals surface area contributed by atoms with Crippen LogP contribution in [0, 0.1) is 0 Å². The third kappa shape index (κ3) is 1.71. The van der Waals surface area contributed by atoms with Crippen LogP contribution < -0.4 is 5.73 Å². The molecule has 0 amide bonds. The van der Waals surface area contributed by atoms with Crippen LogP contribution in [-0.2, 0) is 5.54 Å². The predicted octanol–water partition coefficient (Wildman–Crippen LogP) is 2.73. The minimum atomic E-state index is -0.255. The van der Waals surface area contributed by atoms with Crippen LogP contribution in [0.1, 0.15) is 23.5 Å². The summed E-state index contributed by atoms with van der Waals surface area (Å²) in [4.78, 5) is 0. The van der Waals surface area contributed by atoms with Gasteiger partial charge in [-0.25, -0.2) is 0 Å². The highest BCUT2D eigenvalue weighted by Gasteiger charge is 2.52. The largest absolute Gasteiger partial charge is 0.508 e. The number of hydrogen-bond acceptors (Lipinski definition) is 2. The van der Waals surface area contributed by atoms with E-state index in [4.69, 9.17) is 5.73 Å². The molecule has 86 valence electrons. The first-order valence-corrected chi connectivity index (χ1v) is 5.83. The van der Waals surface area contributed by atoms with Gasteiger partial charge in [-0.15, -0.1) is 0 Å². The van der Waals surface area contributed by atoms with Gasteiger partial charge in [0, 0.05) is 11.5 Å². The van der Waals surface area contributed by atoms with E-state index in [0.717, 1.165) is 12.0 Å². The van der Waals surface area contributed by atoms with Crippen LogP contribution in [0.3, 0.4) is 0 Å². The lowest BCUT2D eigenvalue weighted by Gasteiger charge is -2.12. The molecule has 0 heterocycles. The molecule has 3 rings (SSSR count). The lowest BCUT2D eigenvalue weighted by molar-refractivity contribution is 0.474. The van der Waals surface area contributed by atoms with Crippen molar-refractivity contribution in [1.29, 1.82) is 0 Å². The van der Waals surface area contributed by atoms with Crippen molar-refractivity contribution in [1.82, 2.24) is 0 Å². The summed E-state index contributed by atoms with van der Waals surface area (Å²) in [5, 5.41) is 9.49. The Labute approximate surface area is 101 Å². The average Bonchev–Trinajstić information content (AvgIpc) is 3.05. The zero-order chi connectivity index (χ0) is 11.9. The molecule has 0 bridgehead atoms. The van der Waals surface area contributed by atoms with E-state index in [0.29, 0.717) is 11.7 Å². The Bertz CT molecular complexity index is 538. The molecule has 2 aromatic carbocycles. The molecular weight excluding hydrogens is 210 g/mol. The molecule has 1 saturated carbocycles. The smallest absolute Gasteiger partial charge is 0.115 e. The predicted molar refractivity (Wildman–Crippen MR) is 67.8 cm³/mol. The van der Waals surface area contributed by atoms with Gasteiger partial charge in [0.25, 0.3) is 0 Å². The number of benzene rings is 2. The number of aromatic hydroxyl groups is 1. The molecule has 2 aromatic rings.